The van der Waals surface area contributed by atoms with Crippen LogP contribution in [-0.4, -0.2) is 27.3 Å². The average Bonchev–Trinajstić information content (AvgIpc) is 3.29. The molecule has 0 saturated carbocycles. The van der Waals surface area contributed by atoms with Crippen molar-refractivity contribution in [3.63, 3.8) is 0 Å². The van der Waals surface area contributed by atoms with Crippen molar-refractivity contribution in [3.8, 4) is 0 Å². The molecule has 2 aromatic carbocycles. The Morgan fingerprint density at radius 3 is 2.86 bits per heavy atom. The maximum Gasteiger partial charge on any atom is 0.416 e. The van der Waals surface area contributed by atoms with Gasteiger partial charge in [0.15, 0.2) is 0 Å². The molecular weight excluding hydrogens is 439 g/mol. The van der Waals surface area contributed by atoms with Crippen molar-refractivity contribution >= 4 is 52.1 Å². The minimum Gasteiger partial charge on any atom is -0.292 e. The van der Waals surface area contributed by atoms with Crippen LogP contribution in [0, 0.1) is 0 Å². The molecule has 1 N–H and O–H groups in total. The van der Waals surface area contributed by atoms with Crippen molar-refractivity contribution in [2.45, 2.75) is 17.4 Å². The first-order chi connectivity index (χ1) is 13.8. The summed E-state index contributed by atoms with van der Waals surface area (Å²) in [6.45, 7) is 0.857. The lowest BCUT2D eigenvalue weighted by Crippen LogP contribution is -2.14. The number of alkyl halides is 3. The zero-order valence-corrected chi connectivity index (χ0v) is 17.7. The number of aromatic nitrogens is 2. The van der Waals surface area contributed by atoms with E-state index >= 15 is 0 Å². The summed E-state index contributed by atoms with van der Waals surface area (Å²) in [5, 5.41) is 8.67. The van der Waals surface area contributed by atoms with Crippen LogP contribution in [0.3, 0.4) is 0 Å². The van der Waals surface area contributed by atoms with E-state index in [2.05, 4.69) is 22.7 Å². The van der Waals surface area contributed by atoms with Crippen LogP contribution in [0.25, 0.3) is 17.0 Å². The van der Waals surface area contributed by atoms with E-state index < -0.39 is 11.7 Å². The molecule has 1 aliphatic rings. The van der Waals surface area contributed by atoms with Gasteiger partial charge in [-0.1, -0.05) is 35.5 Å². The normalized spacial score (nSPS) is 18.8. The molecule has 1 unspecified atom stereocenters. The number of nitrogens with zero attached hydrogens (tertiary/aromatic N) is 2. The molecule has 1 aliphatic heterocycles. The van der Waals surface area contributed by atoms with Crippen LogP contribution in [0.5, 0.6) is 0 Å². The van der Waals surface area contributed by atoms with E-state index in [1.54, 1.807) is 34.4 Å². The Morgan fingerprint density at radius 2 is 2.14 bits per heavy atom. The number of benzene rings is 2. The minimum atomic E-state index is -4.47. The van der Waals surface area contributed by atoms with E-state index in [-0.39, 0.29) is 17.1 Å². The largest absolute Gasteiger partial charge is 0.416 e. The molecule has 9 heteroatoms. The van der Waals surface area contributed by atoms with Gasteiger partial charge >= 0.3 is 6.18 Å². The molecule has 2 heterocycles. The lowest BCUT2D eigenvalue weighted by atomic mass is 10.1. The topological polar surface area (TPSA) is 29.9 Å². The summed E-state index contributed by atoms with van der Waals surface area (Å²) in [4.78, 5) is 1.26. The summed E-state index contributed by atoms with van der Waals surface area (Å²) in [7, 11) is 0. The Morgan fingerprint density at radius 1 is 1.31 bits per heavy atom. The number of thioether (sulfide) groups is 2. The van der Waals surface area contributed by atoms with Gasteiger partial charge in [-0.3, -0.25) is 10.00 Å². The highest BCUT2D eigenvalue weighted by Gasteiger charge is 2.33. The summed E-state index contributed by atoms with van der Waals surface area (Å²) in [5.41, 5.74) is 1.23. The van der Waals surface area contributed by atoms with Crippen LogP contribution < -0.4 is 5.32 Å². The van der Waals surface area contributed by atoms with Crippen LogP contribution >= 0.6 is 35.1 Å². The summed E-state index contributed by atoms with van der Waals surface area (Å²) >= 11 is 9.33. The quantitative estimate of drug-likeness (QED) is 0.516. The monoisotopic (exact) mass is 455 g/mol. The average molecular weight is 456 g/mol. The van der Waals surface area contributed by atoms with Crippen molar-refractivity contribution in [3.05, 3.63) is 69.2 Å². The van der Waals surface area contributed by atoms with Gasteiger partial charge in [0.1, 0.15) is 4.71 Å². The molecule has 0 bridgehead atoms. The second-order valence-corrected chi connectivity index (χ2v) is 9.51. The molecule has 1 atom stereocenters. The molecule has 3 aromatic rings. The Hall–Kier alpha value is -1.61. The van der Waals surface area contributed by atoms with Gasteiger partial charge in [0.2, 0.25) is 0 Å². The summed E-state index contributed by atoms with van der Waals surface area (Å²) in [6, 6.07) is 9.71. The summed E-state index contributed by atoms with van der Waals surface area (Å²) in [5.74, 6) is 0. The van der Waals surface area contributed by atoms with Crippen LogP contribution in [-0.2, 0) is 12.7 Å². The molecule has 29 heavy (non-hydrogen) atoms. The maximum absolute atomic E-state index is 13.4. The molecule has 1 saturated heterocycles. The highest BCUT2D eigenvalue weighted by molar-refractivity contribution is 8.18. The molecule has 0 aliphatic carbocycles. The second-order valence-electron chi connectivity index (χ2n) is 6.60. The number of rotatable bonds is 4. The van der Waals surface area contributed by atoms with E-state index in [9.17, 15) is 13.2 Å². The molecule has 3 nitrogen and oxygen atoms in total. The van der Waals surface area contributed by atoms with Crippen LogP contribution in [0.1, 0.15) is 16.7 Å². The zero-order valence-electron chi connectivity index (χ0n) is 15.3. The van der Waals surface area contributed by atoms with E-state index in [1.807, 2.05) is 18.2 Å². The van der Waals surface area contributed by atoms with Crippen LogP contribution in [0.2, 0.25) is 5.02 Å². The third kappa shape index (κ3) is 4.60. The predicted molar refractivity (Wildman–Crippen MR) is 116 cm³/mol. The first-order valence-electron chi connectivity index (χ1n) is 8.78. The van der Waals surface area contributed by atoms with Crippen LogP contribution in [0.15, 0.2) is 47.5 Å². The molecule has 152 valence electrons. The maximum atomic E-state index is 13.4. The van der Waals surface area contributed by atoms with Gasteiger partial charge in [0, 0.05) is 21.9 Å². The van der Waals surface area contributed by atoms with Gasteiger partial charge < -0.3 is 0 Å². The van der Waals surface area contributed by atoms with E-state index in [4.69, 9.17) is 11.6 Å². The minimum absolute atomic E-state index is 0.0190. The van der Waals surface area contributed by atoms with E-state index in [0.717, 1.165) is 29.1 Å². The lowest BCUT2D eigenvalue weighted by Gasteiger charge is -2.14. The molecular formula is C20H17ClF3N3S2. The smallest absolute Gasteiger partial charge is 0.292 e. The van der Waals surface area contributed by atoms with Crippen LogP contribution in [0.4, 0.5) is 13.2 Å². The first kappa shape index (κ1) is 20.7. The number of nitrogens with one attached hydrogen (secondary N) is 1. The number of hydrogen-bond donors (Lipinski definition) is 1. The highest BCUT2D eigenvalue weighted by atomic mass is 35.5. The lowest BCUT2D eigenvalue weighted by molar-refractivity contribution is -0.138. The van der Waals surface area contributed by atoms with Gasteiger partial charge in [-0.15, -0.1) is 11.8 Å². The number of fused-ring (bicyclic) bond motifs is 1. The number of hydrogen-bond acceptors (Lipinski definition) is 4. The van der Waals surface area contributed by atoms with Gasteiger partial charge in [0.25, 0.3) is 0 Å². The predicted octanol–water partition coefficient (Wildman–Crippen LogP) is 6.08. The van der Waals surface area contributed by atoms with Crippen molar-refractivity contribution in [2.24, 2.45) is 0 Å². The standard InChI is InChI=1S/C20H17ClF3N3S2/c1-28-19-25-10-16(29-19)7-12-2-5-18-14(6-12)9-26-27(18)11-13-3-4-15(21)8-17(13)20(22,23)24/h2-9,19,25H,10-11H2,1H3. The molecule has 0 amide bonds. The Balaban J connectivity index is 1.62. The summed E-state index contributed by atoms with van der Waals surface area (Å²) < 4.78 is 42.1. The van der Waals surface area contributed by atoms with E-state index in [1.165, 1.54) is 17.0 Å². The SMILES string of the molecule is CSC1NCC(=Cc2ccc3c(cnn3Cc3ccc(Cl)cc3C(F)(F)F)c2)S1. The van der Waals surface area contributed by atoms with Gasteiger partial charge in [-0.2, -0.15) is 18.3 Å². The molecule has 0 spiro atoms. The van der Waals surface area contributed by atoms with Crippen molar-refractivity contribution in [1.29, 1.82) is 0 Å². The van der Waals surface area contributed by atoms with Gasteiger partial charge in [-0.25, -0.2) is 0 Å². The summed E-state index contributed by atoms with van der Waals surface area (Å²) in [6.07, 6.45) is 1.42. The number of halogens is 4. The fourth-order valence-electron chi connectivity index (χ4n) is 3.24. The fraction of sp³-hybridized carbons (Fsp3) is 0.250. The third-order valence-electron chi connectivity index (χ3n) is 4.61. The zero-order chi connectivity index (χ0) is 20.6. The Labute approximate surface area is 179 Å². The molecule has 1 fully saturated rings. The van der Waals surface area contributed by atoms with Crippen molar-refractivity contribution in [1.82, 2.24) is 15.1 Å². The Kier molecular flexibility index (Phi) is 5.88. The Bertz CT molecular complexity index is 1080. The van der Waals surface area contributed by atoms with Crippen molar-refractivity contribution < 1.29 is 13.2 Å². The fourth-order valence-corrected chi connectivity index (χ4v) is 5.23. The molecule has 1 aromatic heterocycles. The molecule has 0 radical (unpaired) electrons. The highest BCUT2D eigenvalue weighted by Crippen LogP contribution is 2.35. The van der Waals surface area contributed by atoms with Crippen molar-refractivity contribution in [2.75, 3.05) is 12.8 Å². The van der Waals surface area contributed by atoms with Gasteiger partial charge in [-0.05, 0) is 47.7 Å². The first-order valence-corrected chi connectivity index (χ1v) is 11.3. The second kappa shape index (κ2) is 8.26. The van der Waals surface area contributed by atoms with E-state index in [0.29, 0.717) is 4.71 Å². The van der Waals surface area contributed by atoms with Gasteiger partial charge in [0.05, 0.1) is 23.8 Å². The molecule has 4 rings (SSSR count). The third-order valence-corrected chi connectivity index (χ3v) is 7.25.